The zero-order valence-electron chi connectivity index (χ0n) is 16.4. The van der Waals surface area contributed by atoms with Gasteiger partial charge in [-0.3, -0.25) is 9.59 Å². The van der Waals surface area contributed by atoms with Gasteiger partial charge in [-0.15, -0.1) is 0 Å². The molecule has 146 valence electrons. The molecule has 27 heavy (non-hydrogen) atoms. The highest BCUT2D eigenvalue weighted by atomic mass is 16.2. The Labute approximate surface area is 162 Å². The molecule has 1 aromatic rings. The highest BCUT2D eigenvalue weighted by Crippen LogP contribution is 2.45. The largest absolute Gasteiger partial charge is 0.371 e. The van der Waals surface area contributed by atoms with Gasteiger partial charge in [-0.1, -0.05) is 31.0 Å². The number of rotatable bonds is 5. The number of carbonyl (C=O) groups excluding carboxylic acids is 2. The Morgan fingerprint density at radius 2 is 1.96 bits per heavy atom. The monoisotopic (exact) mass is 369 g/mol. The first-order chi connectivity index (χ1) is 13.0. The Hall–Kier alpha value is -2.04. The molecule has 3 aliphatic rings. The van der Waals surface area contributed by atoms with E-state index in [0.717, 1.165) is 45.4 Å². The van der Waals surface area contributed by atoms with Crippen LogP contribution in [0.3, 0.4) is 0 Å². The minimum Gasteiger partial charge on any atom is -0.371 e. The van der Waals surface area contributed by atoms with Crippen LogP contribution in [0.25, 0.3) is 0 Å². The molecule has 2 amide bonds. The van der Waals surface area contributed by atoms with Crippen LogP contribution in [0.1, 0.15) is 38.5 Å². The number of likely N-dealkylation sites (tertiary alicyclic amines) is 1. The molecule has 1 unspecified atom stereocenters. The van der Waals surface area contributed by atoms with Gasteiger partial charge in [0.1, 0.15) is 0 Å². The van der Waals surface area contributed by atoms with Crippen LogP contribution in [0.2, 0.25) is 0 Å². The Morgan fingerprint density at radius 3 is 2.70 bits per heavy atom. The maximum atomic E-state index is 12.7. The summed E-state index contributed by atoms with van der Waals surface area (Å²) in [4.78, 5) is 31.1. The number of anilines is 1. The third-order valence-electron chi connectivity index (χ3n) is 6.76. The van der Waals surface area contributed by atoms with Crippen LogP contribution < -0.4 is 4.90 Å². The predicted molar refractivity (Wildman–Crippen MR) is 106 cm³/mol. The molecule has 5 heteroatoms. The third-order valence-corrected chi connectivity index (χ3v) is 6.76. The van der Waals surface area contributed by atoms with Gasteiger partial charge < -0.3 is 14.7 Å². The van der Waals surface area contributed by atoms with Crippen molar-refractivity contribution in [3.63, 3.8) is 0 Å². The summed E-state index contributed by atoms with van der Waals surface area (Å²) in [7, 11) is 1.89. The molecule has 1 saturated carbocycles. The number of para-hydroxylation sites is 1. The van der Waals surface area contributed by atoms with Gasteiger partial charge in [-0.05, 0) is 42.7 Å². The van der Waals surface area contributed by atoms with E-state index in [2.05, 4.69) is 29.2 Å². The molecule has 2 heterocycles. The fraction of sp³-hybridized carbons (Fsp3) is 0.636. The van der Waals surface area contributed by atoms with E-state index in [1.165, 1.54) is 18.5 Å². The number of nitrogens with zero attached hydrogens (tertiary/aromatic N) is 3. The minimum absolute atomic E-state index is 0.0801. The first kappa shape index (κ1) is 18.3. The SMILES string of the molecule is CN(CC1CCN(c2ccccc2)C1)C(=O)CN1CC2(CCCC2)CC1=O. The predicted octanol–water partition coefficient (Wildman–Crippen LogP) is 2.76. The molecule has 5 nitrogen and oxygen atoms in total. The Bertz CT molecular complexity index is 684. The summed E-state index contributed by atoms with van der Waals surface area (Å²) < 4.78 is 0. The second kappa shape index (κ2) is 7.53. The summed E-state index contributed by atoms with van der Waals surface area (Å²) >= 11 is 0. The number of hydrogen-bond donors (Lipinski definition) is 0. The lowest BCUT2D eigenvalue weighted by Gasteiger charge is -2.26. The van der Waals surface area contributed by atoms with E-state index in [4.69, 9.17) is 0 Å². The summed E-state index contributed by atoms with van der Waals surface area (Å²) in [6, 6.07) is 10.5. The first-order valence-electron chi connectivity index (χ1n) is 10.4. The van der Waals surface area contributed by atoms with Crippen molar-refractivity contribution in [1.82, 2.24) is 9.80 Å². The van der Waals surface area contributed by atoms with Gasteiger partial charge in [0.15, 0.2) is 0 Å². The van der Waals surface area contributed by atoms with Crippen molar-refractivity contribution in [2.45, 2.75) is 38.5 Å². The summed E-state index contributed by atoms with van der Waals surface area (Å²) in [5, 5.41) is 0. The maximum Gasteiger partial charge on any atom is 0.241 e. The highest BCUT2D eigenvalue weighted by Gasteiger charge is 2.45. The molecule has 4 rings (SSSR count). The molecule has 1 aliphatic carbocycles. The van der Waals surface area contributed by atoms with Gasteiger partial charge in [0.05, 0.1) is 6.54 Å². The lowest BCUT2D eigenvalue weighted by Crippen LogP contribution is -2.41. The fourth-order valence-electron chi connectivity index (χ4n) is 5.21. The Balaban J connectivity index is 1.27. The molecular weight excluding hydrogens is 338 g/mol. The number of carbonyl (C=O) groups is 2. The molecule has 1 atom stereocenters. The van der Waals surface area contributed by atoms with Crippen molar-refractivity contribution in [3.05, 3.63) is 30.3 Å². The van der Waals surface area contributed by atoms with Gasteiger partial charge in [-0.2, -0.15) is 0 Å². The van der Waals surface area contributed by atoms with Crippen LogP contribution in [-0.2, 0) is 9.59 Å². The molecule has 1 aromatic carbocycles. The molecule has 2 aliphatic heterocycles. The van der Waals surface area contributed by atoms with Gasteiger partial charge in [0.25, 0.3) is 0 Å². The third kappa shape index (κ3) is 3.97. The average Bonchev–Trinajstić information content (AvgIpc) is 3.38. The molecule has 1 spiro atoms. The molecular formula is C22H31N3O2. The fourth-order valence-corrected chi connectivity index (χ4v) is 5.21. The number of hydrogen-bond acceptors (Lipinski definition) is 3. The van der Waals surface area contributed by atoms with Crippen molar-refractivity contribution < 1.29 is 9.59 Å². The van der Waals surface area contributed by atoms with E-state index in [1.54, 1.807) is 0 Å². The normalized spacial score (nSPS) is 24.2. The topological polar surface area (TPSA) is 43.9 Å². The quantitative estimate of drug-likeness (QED) is 0.802. The zero-order chi connectivity index (χ0) is 18.9. The van der Waals surface area contributed by atoms with E-state index in [9.17, 15) is 9.59 Å². The number of amides is 2. The minimum atomic E-state index is 0.0801. The molecule has 2 saturated heterocycles. The molecule has 3 fully saturated rings. The zero-order valence-corrected chi connectivity index (χ0v) is 16.4. The van der Waals surface area contributed by atoms with E-state index in [0.29, 0.717) is 12.3 Å². The first-order valence-corrected chi connectivity index (χ1v) is 10.4. The van der Waals surface area contributed by atoms with Gasteiger partial charge in [0, 0.05) is 45.3 Å². The molecule has 0 aromatic heterocycles. The second-order valence-corrected chi connectivity index (χ2v) is 8.84. The smallest absolute Gasteiger partial charge is 0.241 e. The van der Waals surface area contributed by atoms with E-state index < -0.39 is 0 Å². The Morgan fingerprint density at radius 1 is 1.22 bits per heavy atom. The van der Waals surface area contributed by atoms with Crippen LogP contribution in [-0.4, -0.2) is 61.4 Å². The molecule has 0 bridgehead atoms. The summed E-state index contributed by atoms with van der Waals surface area (Å²) in [6.07, 6.45) is 6.52. The standard InChI is InChI=1S/C22H31N3O2/c1-23(14-18-9-12-24(15-18)19-7-3-2-4-8-19)21(27)16-25-17-22(13-20(25)26)10-5-6-11-22/h2-4,7-8,18H,5-6,9-17H2,1H3. The van der Waals surface area contributed by atoms with Crippen LogP contribution in [0.5, 0.6) is 0 Å². The highest BCUT2D eigenvalue weighted by molar-refractivity contribution is 5.86. The summed E-state index contributed by atoms with van der Waals surface area (Å²) in [6.45, 7) is 3.86. The summed E-state index contributed by atoms with van der Waals surface area (Å²) in [5.74, 6) is 0.751. The number of likely N-dealkylation sites (N-methyl/N-ethyl adjacent to an activating group) is 1. The van der Waals surface area contributed by atoms with Crippen molar-refractivity contribution in [2.75, 3.05) is 44.7 Å². The van der Waals surface area contributed by atoms with E-state index in [1.807, 2.05) is 22.9 Å². The van der Waals surface area contributed by atoms with Crippen LogP contribution >= 0.6 is 0 Å². The maximum absolute atomic E-state index is 12.7. The van der Waals surface area contributed by atoms with Crippen LogP contribution in [0.4, 0.5) is 5.69 Å². The average molecular weight is 370 g/mol. The van der Waals surface area contributed by atoms with Crippen molar-refractivity contribution in [2.24, 2.45) is 11.3 Å². The molecule has 0 N–H and O–H groups in total. The van der Waals surface area contributed by atoms with Gasteiger partial charge >= 0.3 is 0 Å². The van der Waals surface area contributed by atoms with Crippen LogP contribution in [0.15, 0.2) is 30.3 Å². The van der Waals surface area contributed by atoms with Crippen molar-refractivity contribution in [3.8, 4) is 0 Å². The summed E-state index contributed by atoms with van der Waals surface area (Å²) in [5.41, 5.74) is 1.44. The lowest BCUT2D eigenvalue weighted by molar-refractivity contribution is -0.137. The second-order valence-electron chi connectivity index (χ2n) is 8.84. The van der Waals surface area contributed by atoms with Gasteiger partial charge in [-0.25, -0.2) is 0 Å². The van der Waals surface area contributed by atoms with Crippen molar-refractivity contribution >= 4 is 17.5 Å². The Kier molecular flexibility index (Phi) is 5.11. The molecule has 0 radical (unpaired) electrons. The van der Waals surface area contributed by atoms with Gasteiger partial charge in [0.2, 0.25) is 11.8 Å². The lowest BCUT2D eigenvalue weighted by atomic mass is 9.85. The van der Waals surface area contributed by atoms with E-state index in [-0.39, 0.29) is 23.8 Å². The van der Waals surface area contributed by atoms with Crippen molar-refractivity contribution in [1.29, 1.82) is 0 Å². The number of benzene rings is 1. The van der Waals surface area contributed by atoms with Crippen LogP contribution in [0, 0.1) is 11.3 Å². The van der Waals surface area contributed by atoms with E-state index >= 15 is 0 Å².